The minimum Gasteiger partial charge on any atom is -0.313 e. The summed E-state index contributed by atoms with van der Waals surface area (Å²) in [5.74, 6) is 2.51. The van der Waals surface area contributed by atoms with Crippen molar-refractivity contribution in [2.75, 3.05) is 18.1 Å². The monoisotopic (exact) mass is 231 g/mol. The van der Waals surface area contributed by atoms with E-state index in [9.17, 15) is 0 Å². The molecule has 2 heteroatoms. The lowest BCUT2D eigenvalue weighted by Gasteiger charge is -2.23. The molecule has 1 nitrogen and oxygen atoms in total. The molecule has 0 aromatic heterocycles. The molecule has 0 aliphatic carbocycles. The van der Waals surface area contributed by atoms with Crippen molar-refractivity contribution in [2.45, 2.75) is 59.9 Å². The van der Waals surface area contributed by atoms with Crippen LogP contribution in [0.4, 0.5) is 0 Å². The molecule has 0 saturated heterocycles. The van der Waals surface area contributed by atoms with Gasteiger partial charge in [0.25, 0.3) is 0 Å². The molecule has 0 aliphatic heterocycles. The maximum absolute atomic E-state index is 3.66. The van der Waals surface area contributed by atoms with E-state index in [4.69, 9.17) is 0 Å². The summed E-state index contributed by atoms with van der Waals surface area (Å²) in [5.41, 5.74) is 0.475. The fourth-order valence-electron chi connectivity index (χ4n) is 1.46. The molecule has 1 atom stereocenters. The largest absolute Gasteiger partial charge is 0.313 e. The number of hydrogen-bond acceptors (Lipinski definition) is 2. The van der Waals surface area contributed by atoms with Crippen molar-refractivity contribution in [1.29, 1.82) is 0 Å². The van der Waals surface area contributed by atoms with Gasteiger partial charge in [-0.3, -0.25) is 0 Å². The molecule has 0 saturated carbocycles. The van der Waals surface area contributed by atoms with Crippen LogP contribution in [0.25, 0.3) is 0 Å². The molecule has 0 heterocycles. The topological polar surface area (TPSA) is 12.0 Å². The van der Waals surface area contributed by atoms with Gasteiger partial charge in [0.2, 0.25) is 0 Å². The summed E-state index contributed by atoms with van der Waals surface area (Å²) >= 11 is 2.05. The number of nitrogens with one attached hydrogen (secondary N) is 1. The molecular weight excluding hydrogens is 202 g/mol. The van der Waals surface area contributed by atoms with E-state index in [0.29, 0.717) is 11.5 Å². The first-order valence-electron chi connectivity index (χ1n) is 6.30. The number of hydrogen-bond donors (Lipinski definition) is 1. The van der Waals surface area contributed by atoms with E-state index in [2.05, 4.69) is 51.7 Å². The Bertz CT molecular complexity index is 132. The van der Waals surface area contributed by atoms with Crippen LogP contribution >= 0.6 is 11.8 Å². The predicted molar refractivity (Wildman–Crippen MR) is 73.8 cm³/mol. The highest BCUT2D eigenvalue weighted by Crippen LogP contribution is 2.22. The molecule has 0 fully saturated rings. The summed E-state index contributed by atoms with van der Waals surface area (Å²) in [5, 5.41) is 3.66. The Morgan fingerprint density at radius 2 is 1.87 bits per heavy atom. The molecule has 92 valence electrons. The van der Waals surface area contributed by atoms with Gasteiger partial charge in [-0.25, -0.2) is 0 Å². The highest BCUT2D eigenvalue weighted by Gasteiger charge is 2.14. The highest BCUT2D eigenvalue weighted by molar-refractivity contribution is 7.99. The average Bonchev–Trinajstić information content (AvgIpc) is 2.15. The van der Waals surface area contributed by atoms with Crippen LogP contribution in [0.1, 0.15) is 53.9 Å². The summed E-state index contributed by atoms with van der Waals surface area (Å²) in [4.78, 5) is 0. The van der Waals surface area contributed by atoms with Crippen LogP contribution in [0.5, 0.6) is 0 Å². The van der Waals surface area contributed by atoms with Crippen LogP contribution in [0, 0.1) is 5.41 Å². The van der Waals surface area contributed by atoms with Gasteiger partial charge in [0.05, 0.1) is 0 Å². The maximum Gasteiger partial charge on any atom is 0.0158 e. The summed E-state index contributed by atoms with van der Waals surface area (Å²) in [6.07, 6.45) is 3.87. The van der Waals surface area contributed by atoms with Crippen molar-refractivity contribution in [3.63, 3.8) is 0 Å². The second kappa shape index (κ2) is 8.46. The molecule has 0 aromatic rings. The second-order valence-corrected chi connectivity index (χ2v) is 6.73. The Labute approximate surface area is 101 Å². The van der Waals surface area contributed by atoms with Gasteiger partial charge in [-0.15, -0.1) is 0 Å². The number of thioether (sulfide) groups is 1. The van der Waals surface area contributed by atoms with Gasteiger partial charge in [-0.05, 0) is 37.0 Å². The molecular formula is C13H29NS. The summed E-state index contributed by atoms with van der Waals surface area (Å²) in [6.45, 7) is 12.6. The maximum atomic E-state index is 3.66. The van der Waals surface area contributed by atoms with Crippen LogP contribution in [0.2, 0.25) is 0 Å². The van der Waals surface area contributed by atoms with Gasteiger partial charge < -0.3 is 5.32 Å². The lowest BCUT2D eigenvalue weighted by atomic mass is 9.89. The van der Waals surface area contributed by atoms with E-state index >= 15 is 0 Å². The molecule has 0 bridgehead atoms. The van der Waals surface area contributed by atoms with Gasteiger partial charge in [0, 0.05) is 11.8 Å². The fourth-order valence-corrected chi connectivity index (χ4v) is 2.26. The third-order valence-corrected chi connectivity index (χ3v) is 3.50. The van der Waals surface area contributed by atoms with Crippen LogP contribution < -0.4 is 5.32 Å². The predicted octanol–water partition coefficient (Wildman–Crippen LogP) is 3.93. The molecule has 0 aliphatic rings. The molecule has 0 rings (SSSR count). The molecule has 1 unspecified atom stereocenters. The zero-order valence-corrected chi connectivity index (χ0v) is 12.0. The zero-order valence-electron chi connectivity index (χ0n) is 11.2. The Morgan fingerprint density at radius 3 is 2.33 bits per heavy atom. The van der Waals surface area contributed by atoms with Crippen molar-refractivity contribution >= 4 is 11.8 Å². The number of rotatable bonds is 8. The molecule has 0 spiro atoms. The van der Waals surface area contributed by atoms with Crippen LogP contribution in [-0.2, 0) is 0 Å². The zero-order chi connectivity index (χ0) is 11.7. The highest BCUT2D eigenvalue weighted by atomic mass is 32.2. The Kier molecular flexibility index (Phi) is 8.64. The summed E-state index contributed by atoms with van der Waals surface area (Å²) < 4.78 is 0. The quantitative estimate of drug-likeness (QED) is 0.679. The van der Waals surface area contributed by atoms with E-state index in [1.54, 1.807) is 0 Å². The van der Waals surface area contributed by atoms with Crippen molar-refractivity contribution < 1.29 is 0 Å². The Hall–Kier alpha value is 0.310. The van der Waals surface area contributed by atoms with E-state index in [-0.39, 0.29) is 0 Å². The van der Waals surface area contributed by atoms with Crippen LogP contribution in [-0.4, -0.2) is 24.1 Å². The second-order valence-electron chi connectivity index (χ2n) is 5.41. The van der Waals surface area contributed by atoms with Gasteiger partial charge in [0.15, 0.2) is 0 Å². The first-order chi connectivity index (χ1) is 6.99. The minimum absolute atomic E-state index is 0.475. The van der Waals surface area contributed by atoms with E-state index in [0.717, 1.165) is 0 Å². The normalized spacial score (nSPS) is 14.2. The fraction of sp³-hybridized carbons (Fsp3) is 1.00. The molecule has 15 heavy (non-hydrogen) atoms. The smallest absolute Gasteiger partial charge is 0.0158 e. The van der Waals surface area contributed by atoms with Crippen molar-refractivity contribution in [3.8, 4) is 0 Å². The average molecular weight is 231 g/mol. The summed E-state index contributed by atoms with van der Waals surface area (Å²) in [6, 6.07) is 0.717. The van der Waals surface area contributed by atoms with Gasteiger partial charge in [-0.2, -0.15) is 11.8 Å². The van der Waals surface area contributed by atoms with Gasteiger partial charge in [-0.1, -0.05) is 34.6 Å². The first-order valence-corrected chi connectivity index (χ1v) is 7.46. The van der Waals surface area contributed by atoms with Gasteiger partial charge in [0.1, 0.15) is 0 Å². The molecule has 1 N–H and O–H groups in total. The lowest BCUT2D eigenvalue weighted by molar-refractivity contribution is 0.338. The Balaban J connectivity index is 3.78. The van der Waals surface area contributed by atoms with Crippen molar-refractivity contribution in [3.05, 3.63) is 0 Å². The van der Waals surface area contributed by atoms with Crippen LogP contribution in [0.3, 0.4) is 0 Å². The Morgan fingerprint density at radius 1 is 1.20 bits per heavy atom. The molecule has 0 radical (unpaired) electrons. The van der Waals surface area contributed by atoms with E-state index in [1.165, 1.54) is 37.3 Å². The molecule has 0 aromatic carbocycles. The first kappa shape index (κ1) is 15.3. The standard InChI is InChI=1S/C13H29NS/c1-6-10-14-12(11-15-7-2)8-9-13(3,4)5/h12,14H,6-11H2,1-5H3. The summed E-state index contributed by atoms with van der Waals surface area (Å²) in [7, 11) is 0. The molecule has 0 amide bonds. The van der Waals surface area contributed by atoms with Crippen LogP contribution in [0.15, 0.2) is 0 Å². The van der Waals surface area contributed by atoms with E-state index < -0.39 is 0 Å². The minimum atomic E-state index is 0.475. The van der Waals surface area contributed by atoms with Crippen molar-refractivity contribution in [2.24, 2.45) is 5.41 Å². The SMILES string of the molecule is CCCNC(CCC(C)(C)C)CSCC. The van der Waals surface area contributed by atoms with Gasteiger partial charge >= 0.3 is 0 Å². The third kappa shape index (κ3) is 10.6. The van der Waals surface area contributed by atoms with Crippen molar-refractivity contribution in [1.82, 2.24) is 5.32 Å². The van der Waals surface area contributed by atoms with E-state index in [1.807, 2.05) is 0 Å². The third-order valence-electron chi connectivity index (χ3n) is 2.45. The lowest BCUT2D eigenvalue weighted by Crippen LogP contribution is -2.33.